The minimum atomic E-state index is 1.25. The molecular formula is C3H5IN2. The summed E-state index contributed by atoms with van der Waals surface area (Å²) >= 11 is 2.06. The molecule has 0 aromatic rings. The minimum Gasteiger partial charge on any atom is -0.390 e. The van der Waals surface area contributed by atoms with Crippen LogP contribution in [0.1, 0.15) is 0 Å². The first-order valence-electron chi connectivity index (χ1n) is 1.40. The Hall–Kier alpha value is -0.0600. The molecule has 0 aliphatic heterocycles. The molecule has 0 unspecified atom stereocenters. The van der Waals surface area contributed by atoms with Crippen LogP contribution < -0.4 is 5.73 Å². The summed E-state index contributed by atoms with van der Waals surface area (Å²) in [6.07, 6.45) is 2.86. The van der Waals surface area contributed by atoms with Gasteiger partial charge in [0, 0.05) is 6.20 Å². The molecule has 0 aliphatic carbocycles. The summed E-state index contributed by atoms with van der Waals surface area (Å²) in [4.78, 5) is 3.56. The Labute approximate surface area is 50.3 Å². The van der Waals surface area contributed by atoms with Crippen molar-refractivity contribution in [3.05, 3.63) is 10.3 Å². The summed E-state index contributed by atoms with van der Waals surface area (Å²) in [5, 5.41) is 0. The molecule has 0 bridgehead atoms. The Bertz CT molecular complexity index is 57.2. The number of nitrogens with zero attached hydrogens (tertiary/aromatic N) is 1. The lowest BCUT2D eigenvalue weighted by atomic mass is 11.0. The highest BCUT2D eigenvalue weighted by atomic mass is 127. The summed E-state index contributed by atoms with van der Waals surface area (Å²) in [7, 11) is 0. The number of halogens is 1. The molecule has 0 aromatic heterocycles. The van der Waals surface area contributed by atoms with E-state index in [2.05, 4.69) is 27.6 Å². The average molecular weight is 196 g/mol. The maximum atomic E-state index is 4.87. The van der Waals surface area contributed by atoms with E-state index in [0.29, 0.717) is 0 Å². The lowest BCUT2D eigenvalue weighted by Crippen LogP contribution is -1.84. The number of aliphatic imine (C=N–C) groups is 1. The molecule has 2 nitrogen and oxygen atoms in total. The zero-order chi connectivity index (χ0) is 4.83. The molecular weight excluding hydrogens is 191 g/mol. The second-order valence-corrected chi connectivity index (χ2v) is 1.29. The number of rotatable bonds is 1. The first kappa shape index (κ1) is 5.94. The SMILES string of the molecule is N/C=N\C=C/I. The van der Waals surface area contributed by atoms with E-state index in [1.54, 1.807) is 10.3 Å². The summed E-state index contributed by atoms with van der Waals surface area (Å²) in [6.45, 7) is 0. The second kappa shape index (κ2) is 4.94. The van der Waals surface area contributed by atoms with E-state index in [0.717, 1.165) is 0 Å². The van der Waals surface area contributed by atoms with Gasteiger partial charge in [-0.3, -0.25) is 0 Å². The molecule has 0 aromatic carbocycles. The first-order valence-corrected chi connectivity index (χ1v) is 2.65. The largest absolute Gasteiger partial charge is 0.390 e. The van der Waals surface area contributed by atoms with Crippen LogP contribution in [0.5, 0.6) is 0 Å². The van der Waals surface area contributed by atoms with E-state index >= 15 is 0 Å². The van der Waals surface area contributed by atoms with Crippen molar-refractivity contribution < 1.29 is 0 Å². The molecule has 0 fully saturated rings. The van der Waals surface area contributed by atoms with Crippen LogP contribution in [-0.4, -0.2) is 6.34 Å². The molecule has 0 amide bonds. The molecule has 0 rings (SSSR count). The molecule has 3 heteroatoms. The average Bonchev–Trinajstić information content (AvgIpc) is 1.61. The Kier molecular flexibility index (Phi) is 4.89. The fourth-order valence-corrected chi connectivity index (χ4v) is 0.268. The fourth-order valence-electron chi connectivity index (χ4n) is 0.0822. The van der Waals surface area contributed by atoms with Gasteiger partial charge >= 0.3 is 0 Å². The monoisotopic (exact) mass is 196 g/mol. The standard InChI is InChI=1S/C3H5IN2/c4-1-2-6-3-5/h1-3H,(H2,5,6)/b2-1-. The Balaban J connectivity index is 3.07. The van der Waals surface area contributed by atoms with Gasteiger partial charge in [0.25, 0.3) is 0 Å². The second-order valence-electron chi connectivity index (χ2n) is 0.573. The van der Waals surface area contributed by atoms with E-state index in [-0.39, 0.29) is 0 Å². The minimum absolute atomic E-state index is 1.25. The summed E-state index contributed by atoms with van der Waals surface area (Å²) < 4.78 is 1.78. The third-order valence-corrected chi connectivity index (χ3v) is 0.550. The van der Waals surface area contributed by atoms with Crippen LogP contribution in [-0.2, 0) is 0 Å². The highest BCUT2D eigenvalue weighted by Crippen LogP contribution is 1.81. The molecule has 2 N–H and O–H groups in total. The summed E-state index contributed by atoms with van der Waals surface area (Å²) in [6, 6.07) is 0. The van der Waals surface area contributed by atoms with Crippen molar-refractivity contribution in [2.75, 3.05) is 0 Å². The molecule has 0 heterocycles. The van der Waals surface area contributed by atoms with Gasteiger partial charge in [0.05, 0.1) is 6.34 Å². The molecule has 0 saturated carbocycles. The van der Waals surface area contributed by atoms with Crippen molar-refractivity contribution >= 4 is 28.9 Å². The zero-order valence-corrected chi connectivity index (χ0v) is 5.29. The van der Waals surface area contributed by atoms with Gasteiger partial charge in [-0.15, -0.1) is 0 Å². The lowest BCUT2D eigenvalue weighted by Gasteiger charge is -1.64. The molecule has 0 radical (unpaired) electrons. The number of hydrogen-bond acceptors (Lipinski definition) is 1. The van der Waals surface area contributed by atoms with E-state index in [1.165, 1.54) is 6.34 Å². The Morgan fingerprint density at radius 3 is 2.50 bits per heavy atom. The van der Waals surface area contributed by atoms with Gasteiger partial charge in [-0.1, -0.05) is 22.6 Å². The topological polar surface area (TPSA) is 38.4 Å². The van der Waals surface area contributed by atoms with Crippen LogP contribution in [0.25, 0.3) is 0 Å². The van der Waals surface area contributed by atoms with Gasteiger partial charge in [0.1, 0.15) is 0 Å². The molecule has 6 heavy (non-hydrogen) atoms. The van der Waals surface area contributed by atoms with E-state index in [1.807, 2.05) is 0 Å². The highest BCUT2D eigenvalue weighted by molar-refractivity contribution is 14.1. The van der Waals surface area contributed by atoms with Gasteiger partial charge < -0.3 is 5.73 Å². The van der Waals surface area contributed by atoms with Crippen LogP contribution >= 0.6 is 22.6 Å². The third kappa shape index (κ3) is 3.94. The zero-order valence-electron chi connectivity index (χ0n) is 3.13. The molecule has 0 atom stereocenters. The normalized spacial score (nSPS) is 11.5. The van der Waals surface area contributed by atoms with E-state index < -0.39 is 0 Å². The van der Waals surface area contributed by atoms with Crippen molar-refractivity contribution in [3.63, 3.8) is 0 Å². The van der Waals surface area contributed by atoms with Gasteiger partial charge in [0.15, 0.2) is 0 Å². The van der Waals surface area contributed by atoms with Crippen molar-refractivity contribution in [2.24, 2.45) is 10.7 Å². The van der Waals surface area contributed by atoms with Crippen molar-refractivity contribution in [2.45, 2.75) is 0 Å². The van der Waals surface area contributed by atoms with E-state index in [4.69, 9.17) is 5.73 Å². The van der Waals surface area contributed by atoms with Crippen LogP contribution in [0.3, 0.4) is 0 Å². The number of hydrogen-bond donors (Lipinski definition) is 1. The maximum Gasteiger partial charge on any atom is 0.0853 e. The third-order valence-electron chi connectivity index (χ3n) is 0.228. The molecule has 0 aliphatic rings. The highest BCUT2D eigenvalue weighted by Gasteiger charge is 1.49. The van der Waals surface area contributed by atoms with Gasteiger partial charge in [0.2, 0.25) is 0 Å². The van der Waals surface area contributed by atoms with Crippen LogP contribution in [0, 0.1) is 0 Å². The molecule has 0 saturated heterocycles. The summed E-state index contributed by atoms with van der Waals surface area (Å²) in [5.41, 5.74) is 4.87. The van der Waals surface area contributed by atoms with Gasteiger partial charge in [-0.25, -0.2) is 4.99 Å². The molecule has 34 valence electrons. The summed E-state index contributed by atoms with van der Waals surface area (Å²) in [5.74, 6) is 0. The Morgan fingerprint density at radius 2 is 2.33 bits per heavy atom. The smallest absolute Gasteiger partial charge is 0.0853 e. The lowest BCUT2D eigenvalue weighted by molar-refractivity contribution is 1.58. The first-order chi connectivity index (χ1) is 2.91. The van der Waals surface area contributed by atoms with Crippen LogP contribution in [0.2, 0.25) is 0 Å². The maximum absolute atomic E-state index is 4.87. The van der Waals surface area contributed by atoms with Crippen LogP contribution in [0.15, 0.2) is 15.3 Å². The van der Waals surface area contributed by atoms with Crippen LogP contribution in [0.4, 0.5) is 0 Å². The van der Waals surface area contributed by atoms with E-state index in [9.17, 15) is 0 Å². The quantitative estimate of drug-likeness (QED) is 0.377. The predicted octanol–water partition coefficient (Wildman–Crippen LogP) is 0.880. The van der Waals surface area contributed by atoms with Crippen molar-refractivity contribution in [1.29, 1.82) is 0 Å². The molecule has 0 spiro atoms. The van der Waals surface area contributed by atoms with Crippen molar-refractivity contribution in [1.82, 2.24) is 0 Å². The van der Waals surface area contributed by atoms with Crippen molar-refractivity contribution in [3.8, 4) is 0 Å². The van der Waals surface area contributed by atoms with Gasteiger partial charge in [-0.2, -0.15) is 0 Å². The number of nitrogens with two attached hydrogens (primary N) is 1. The fraction of sp³-hybridized carbons (Fsp3) is 0. The van der Waals surface area contributed by atoms with Gasteiger partial charge in [-0.05, 0) is 4.08 Å². The predicted molar refractivity (Wildman–Crippen MR) is 35.8 cm³/mol. The Morgan fingerprint density at radius 1 is 1.67 bits per heavy atom.